The first kappa shape index (κ1) is 34.3. The van der Waals surface area contributed by atoms with Crippen LogP contribution < -0.4 is 4.74 Å². The molecular weight excluding hydrogens is 584 g/mol. The molecule has 3 aromatic carbocycles. The maximum absolute atomic E-state index is 15.5. The second-order valence-corrected chi connectivity index (χ2v) is 13.7. The molecule has 0 aromatic heterocycles. The molecule has 0 saturated heterocycles. The molecule has 0 aliphatic heterocycles. The first-order valence-corrected chi connectivity index (χ1v) is 17.7. The van der Waals surface area contributed by atoms with Crippen LogP contribution in [0.4, 0.5) is 17.6 Å². The number of unbranched alkanes of at least 4 members (excludes halogenated alkanes) is 5. The Balaban J connectivity index is 1.14. The van der Waals surface area contributed by atoms with Crippen LogP contribution in [0, 0.1) is 41.0 Å². The van der Waals surface area contributed by atoms with Crippen LogP contribution in [0.5, 0.6) is 5.75 Å². The van der Waals surface area contributed by atoms with Crippen LogP contribution in [0.15, 0.2) is 61.2 Å². The van der Waals surface area contributed by atoms with Crippen molar-refractivity contribution in [2.24, 2.45) is 17.8 Å². The minimum atomic E-state index is -1.08. The molecule has 1 nitrogen and oxygen atoms in total. The van der Waals surface area contributed by atoms with Gasteiger partial charge in [-0.05, 0) is 91.0 Å². The van der Waals surface area contributed by atoms with Crippen LogP contribution in [0.2, 0.25) is 0 Å². The summed E-state index contributed by atoms with van der Waals surface area (Å²) in [6.07, 6.45) is 20.5. The molecule has 0 amide bonds. The van der Waals surface area contributed by atoms with E-state index in [1.54, 1.807) is 36.4 Å². The SMILES string of the molecule is C=CCOc1ccc(-c2ccc(-c3ccc(C4CCC(C5CCC(CCCCCCCC)CC5)CC4)c(F)c3F)cc2)c(F)c1F. The fourth-order valence-electron chi connectivity index (χ4n) is 8.01. The molecule has 2 fully saturated rings. The monoisotopic (exact) mass is 634 g/mol. The molecule has 5 rings (SSSR count). The van der Waals surface area contributed by atoms with Gasteiger partial charge in [0.25, 0.3) is 0 Å². The summed E-state index contributed by atoms with van der Waals surface area (Å²) in [7, 11) is 0. The van der Waals surface area contributed by atoms with Gasteiger partial charge in [0.2, 0.25) is 5.82 Å². The standard InChI is InChI=1S/C41H50F4O/c1-3-5-6-7-8-9-10-28-11-13-29(14-12-28)30-15-17-31(18-16-30)34-23-24-35(39(43)38(34)42)32-19-21-33(22-20-32)36-25-26-37(46-27-4-2)41(45)40(36)44/h4,19-26,28-31H,2-3,5-18,27H2,1H3. The number of halogens is 4. The van der Waals surface area contributed by atoms with Crippen LogP contribution in [-0.2, 0) is 0 Å². The summed E-state index contributed by atoms with van der Waals surface area (Å²) in [4.78, 5) is 0. The van der Waals surface area contributed by atoms with Crippen LogP contribution in [0.25, 0.3) is 22.3 Å². The Morgan fingerprint density at radius 1 is 0.630 bits per heavy atom. The highest BCUT2D eigenvalue weighted by Crippen LogP contribution is 2.45. The van der Waals surface area contributed by atoms with Crippen molar-refractivity contribution in [3.8, 4) is 28.0 Å². The van der Waals surface area contributed by atoms with Crippen molar-refractivity contribution < 1.29 is 22.3 Å². The molecule has 248 valence electrons. The normalized spacial score (nSPS) is 21.7. The number of ether oxygens (including phenoxy) is 1. The number of hydrogen-bond acceptors (Lipinski definition) is 1. The molecule has 0 heterocycles. The van der Waals surface area contributed by atoms with E-state index in [1.807, 2.05) is 0 Å². The highest BCUT2D eigenvalue weighted by atomic mass is 19.2. The first-order chi connectivity index (χ1) is 22.4. The van der Waals surface area contributed by atoms with Gasteiger partial charge in [-0.25, -0.2) is 13.2 Å². The van der Waals surface area contributed by atoms with Crippen LogP contribution >= 0.6 is 0 Å². The average Bonchev–Trinajstić information content (AvgIpc) is 3.09. The number of benzene rings is 3. The summed E-state index contributed by atoms with van der Waals surface area (Å²) in [5.74, 6) is -1.45. The molecule has 0 radical (unpaired) electrons. The topological polar surface area (TPSA) is 9.23 Å². The van der Waals surface area contributed by atoms with Crippen molar-refractivity contribution in [3.63, 3.8) is 0 Å². The number of rotatable bonds is 14. The second kappa shape index (κ2) is 16.7. The van der Waals surface area contributed by atoms with E-state index >= 15 is 8.78 Å². The van der Waals surface area contributed by atoms with E-state index in [1.165, 1.54) is 88.8 Å². The predicted octanol–water partition coefficient (Wildman–Crippen LogP) is 13.0. The lowest BCUT2D eigenvalue weighted by Gasteiger charge is -2.38. The summed E-state index contributed by atoms with van der Waals surface area (Å²) >= 11 is 0. The Labute approximate surface area is 273 Å². The summed E-state index contributed by atoms with van der Waals surface area (Å²) in [6.45, 7) is 5.84. The Hall–Kier alpha value is -3.08. The van der Waals surface area contributed by atoms with E-state index in [0.717, 1.165) is 37.5 Å². The lowest BCUT2D eigenvalue weighted by Crippen LogP contribution is -2.25. The zero-order chi connectivity index (χ0) is 32.5. The van der Waals surface area contributed by atoms with Gasteiger partial charge in [-0.2, -0.15) is 4.39 Å². The highest BCUT2D eigenvalue weighted by molar-refractivity contribution is 5.72. The zero-order valence-electron chi connectivity index (χ0n) is 27.4. The van der Waals surface area contributed by atoms with Gasteiger partial charge in [0.15, 0.2) is 23.2 Å². The maximum Gasteiger partial charge on any atom is 0.201 e. The predicted molar refractivity (Wildman–Crippen MR) is 181 cm³/mol. The fraction of sp³-hybridized carbons (Fsp3) is 0.512. The van der Waals surface area contributed by atoms with E-state index in [0.29, 0.717) is 22.6 Å². The molecule has 0 bridgehead atoms. The second-order valence-electron chi connectivity index (χ2n) is 13.7. The van der Waals surface area contributed by atoms with E-state index in [4.69, 9.17) is 4.74 Å². The van der Waals surface area contributed by atoms with Gasteiger partial charge in [0.05, 0.1) is 0 Å². The largest absolute Gasteiger partial charge is 0.486 e. The number of hydrogen-bond donors (Lipinski definition) is 0. The Kier molecular flexibility index (Phi) is 12.4. The van der Waals surface area contributed by atoms with Gasteiger partial charge in [0, 0.05) is 11.1 Å². The van der Waals surface area contributed by atoms with Crippen molar-refractivity contribution in [1.29, 1.82) is 0 Å². The van der Waals surface area contributed by atoms with Crippen LogP contribution in [-0.4, -0.2) is 6.61 Å². The van der Waals surface area contributed by atoms with Gasteiger partial charge < -0.3 is 4.74 Å². The molecule has 2 aliphatic rings. The average molecular weight is 635 g/mol. The van der Waals surface area contributed by atoms with E-state index in [2.05, 4.69) is 13.5 Å². The molecule has 2 saturated carbocycles. The van der Waals surface area contributed by atoms with Crippen LogP contribution in [0.1, 0.15) is 115 Å². The molecule has 0 unspecified atom stereocenters. The molecule has 3 aromatic rings. The Morgan fingerprint density at radius 2 is 1.17 bits per heavy atom. The quantitative estimate of drug-likeness (QED) is 0.0974. The van der Waals surface area contributed by atoms with E-state index < -0.39 is 23.3 Å². The van der Waals surface area contributed by atoms with Crippen molar-refractivity contribution in [1.82, 2.24) is 0 Å². The molecule has 0 spiro atoms. The van der Waals surface area contributed by atoms with Crippen molar-refractivity contribution in [2.45, 2.75) is 109 Å². The third kappa shape index (κ3) is 8.25. The Morgan fingerprint density at radius 3 is 1.78 bits per heavy atom. The van der Waals surface area contributed by atoms with Crippen molar-refractivity contribution in [3.05, 3.63) is 90.0 Å². The first-order valence-electron chi connectivity index (χ1n) is 17.7. The third-order valence-electron chi connectivity index (χ3n) is 10.8. The molecule has 5 heteroatoms. The fourth-order valence-corrected chi connectivity index (χ4v) is 8.01. The zero-order valence-corrected chi connectivity index (χ0v) is 27.4. The van der Waals surface area contributed by atoms with Gasteiger partial charge in [-0.1, -0.05) is 114 Å². The summed E-state index contributed by atoms with van der Waals surface area (Å²) in [6, 6.07) is 12.6. The summed E-state index contributed by atoms with van der Waals surface area (Å²) < 4.78 is 65.4. The maximum atomic E-state index is 15.5. The van der Waals surface area contributed by atoms with Gasteiger partial charge in [-0.3, -0.25) is 0 Å². The van der Waals surface area contributed by atoms with E-state index in [9.17, 15) is 8.78 Å². The minimum absolute atomic E-state index is 0.0440. The Bertz CT molecular complexity index is 1420. The molecule has 46 heavy (non-hydrogen) atoms. The van der Waals surface area contributed by atoms with Crippen molar-refractivity contribution >= 4 is 0 Å². The van der Waals surface area contributed by atoms with Crippen molar-refractivity contribution in [2.75, 3.05) is 6.61 Å². The smallest absolute Gasteiger partial charge is 0.201 e. The molecular formula is C41H50F4O. The lowest BCUT2D eigenvalue weighted by molar-refractivity contribution is 0.155. The summed E-state index contributed by atoms with van der Waals surface area (Å²) in [5, 5.41) is 0. The molecule has 2 aliphatic carbocycles. The molecule has 0 N–H and O–H groups in total. The minimum Gasteiger partial charge on any atom is -0.486 e. The highest BCUT2D eigenvalue weighted by Gasteiger charge is 2.32. The van der Waals surface area contributed by atoms with E-state index in [-0.39, 0.29) is 29.4 Å². The molecule has 0 atom stereocenters. The third-order valence-corrected chi connectivity index (χ3v) is 10.8. The summed E-state index contributed by atoms with van der Waals surface area (Å²) in [5.41, 5.74) is 1.62. The van der Waals surface area contributed by atoms with Crippen LogP contribution in [0.3, 0.4) is 0 Å². The van der Waals surface area contributed by atoms with Gasteiger partial charge in [-0.15, -0.1) is 0 Å². The van der Waals surface area contributed by atoms with Gasteiger partial charge >= 0.3 is 0 Å². The lowest BCUT2D eigenvalue weighted by atomic mass is 9.68. The van der Waals surface area contributed by atoms with Gasteiger partial charge in [0.1, 0.15) is 6.61 Å².